The number of hydrogen-bond donors (Lipinski definition) is 1. The van der Waals surface area contributed by atoms with E-state index in [-0.39, 0.29) is 0 Å². The molecule has 0 spiro atoms. The van der Waals surface area contributed by atoms with Crippen molar-refractivity contribution in [3.8, 4) is 0 Å². The molecule has 1 saturated carbocycles. The van der Waals surface area contributed by atoms with Crippen molar-refractivity contribution in [2.24, 2.45) is 5.92 Å². The van der Waals surface area contributed by atoms with E-state index in [4.69, 9.17) is 0 Å². The molecule has 1 nitrogen and oxygen atoms in total. The normalized spacial score (nSPS) is 18.4. The van der Waals surface area contributed by atoms with E-state index in [1.807, 2.05) is 11.3 Å². The van der Waals surface area contributed by atoms with Crippen molar-refractivity contribution in [1.29, 1.82) is 0 Å². The molecule has 2 rings (SSSR count). The zero-order valence-electron chi connectivity index (χ0n) is 8.83. The van der Waals surface area contributed by atoms with Gasteiger partial charge in [-0.15, -0.1) is 0 Å². The van der Waals surface area contributed by atoms with Crippen molar-refractivity contribution >= 4 is 11.3 Å². The largest absolute Gasteiger partial charge is 0.310 e. The molecule has 1 aromatic heterocycles. The molecule has 2 heteroatoms. The van der Waals surface area contributed by atoms with Crippen LogP contribution in [-0.4, -0.2) is 6.54 Å². The SMILES string of the molecule is CCCNC(CC1CC1)c1ccsc1. The fourth-order valence-electron chi connectivity index (χ4n) is 1.82. The summed E-state index contributed by atoms with van der Waals surface area (Å²) in [5.41, 5.74) is 1.50. The van der Waals surface area contributed by atoms with Gasteiger partial charge in [0.2, 0.25) is 0 Å². The minimum absolute atomic E-state index is 0.619. The smallest absolute Gasteiger partial charge is 0.0331 e. The first kappa shape index (κ1) is 10.2. The third-order valence-corrected chi connectivity index (χ3v) is 3.55. The molecule has 1 atom stereocenters. The van der Waals surface area contributed by atoms with E-state index in [1.165, 1.54) is 31.2 Å². The third kappa shape index (κ3) is 2.82. The van der Waals surface area contributed by atoms with Gasteiger partial charge in [-0.3, -0.25) is 0 Å². The van der Waals surface area contributed by atoms with Gasteiger partial charge in [-0.05, 0) is 47.7 Å². The van der Waals surface area contributed by atoms with Crippen LogP contribution in [0.4, 0.5) is 0 Å². The summed E-state index contributed by atoms with van der Waals surface area (Å²) in [6.07, 6.45) is 5.48. The van der Waals surface area contributed by atoms with Gasteiger partial charge in [-0.1, -0.05) is 19.8 Å². The predicted octanol–water partition coefficient (Wildman–Crippen LogP) is 3.59. The molecule has 78 valence electrons. The van der Waals surface area contributed by atoms with E-state index in [1.54, 1.807) is 0 Å². The van der Waals surface area contributed by atoms with Crippen LogP contribution in [0.3, 0.4) is 0 Å². The summed E-state index contributed by atoms with van der Waals surface area (Å²) in [5.74, 6) is 1.00. The first-order valence-corrected chi connectivity index (χ1v) is 6.60. The summed E-state index contributed by atoms with van der Waals surface area (Å²) in [7, 11) is 0. The van der Waals surface area contributed by atoms with Crippen LogP contribution < -0.4 is 5.32 Å². The summed E-state index contributed by atoms with van der Waals surface area (Å²) in [4.78, 5) is 0. The van der Waals surface area contributed by atoms with E-state index in [2.05, 4.69) is 29.1 Å². The minimum Gasteiger partial charge on any atom is -0.310 e. The monoisotopic (exact) mass is 209 g/mol. The number of thiophene rings is 1. The molecule has 0 aliphatic heterocycles. The average Bonchev–Trinajstić information content (AvgIpc) is 2.84. The highest BCUT2D eigenvalue weighted by molar-refractivity contribution is 7.07. The van der Waals surface area contributed by atoms with Gasteiger partial charge in [-0.2, -0.15) is 11.3 Å². The zero-order chi connectivity index (χ0) is 9.80. The van der Waals surface area contributed by atoms with Gasteiger partial charge < -0.3 is 5.32 Å². The van der Waals surface area contributed by atoms with Crippen molar-refractivity contribution in [1.82, 2.24) is 5.32 Å². The number of rotatable bonds is 6. The maximum absolute atomic E-state index is 3.65. The first-order chi connectivity index (χ1) is 6.90. The molecule has 0 bridgehead atoms. The van der Waals surface area contributed by atoms with Crippen LogP contribution in [0.1, 0.15) is 44.2 Å². The van der Waals surface area contributed by atoms with Gasteiger partial charge >= 0.3 is 0 Å². The van der Waals surface area contributed by atoms with E-state index >= 15 is 0 Å². The minimum atomic E-state index is 0.619. The molecule has 0 amide bonds. The lowest BCUT2D eigenvalue weighted by Crippen LogP contribution is -2.22. The molecule has 1 fully saturated rings. The fourth-order valence-corrected chi connectivity index (χ4v) is 2.53. The lowest BCUT2D eigenvalue weighted by molar-refractivity contribution is 0.475. The topological polar surface area (TPSA) is 12.0 Å². The third-order valence-electron chi connectivity index (χ3n) is 2.85. The van der Waals surface area contributed by atoms with Crippen LogP contribution in [0.5, 0.6) is 0 Å². The standard InChI is InChI=1S/C12H19NS/c1-2-6-13-12(8-10-3-4-10)11-5-7-14-9-11/h5,7,9-10,12-13H,2-4,6,8H2,1H3. The Kier molecular flexibility index (Phi) is 3.60. The summed E-state index contributed by atoms with van der Waals surface area (Å²) in [6, 6.07) is 2.88. The van der Waals surface area contributed by atoms with Gasteiger partial charge in [0.25, 0.3) is 0 Å². The Morgan fingerprint density at radius 3 is 3.00 bits per heavy atom. The molecule has 0 aromatic carbocycles. The Balaban J connectivity index is 1.90. The maximum atomic E-state index is 3.65. The van der Waals surface area contributed by atoms with Gasteiger partial charge in [0.15, 0.2) is 0 Å². The summed E-state index contributed by atoms with van der Waals surface area (Å²) in [6.45, 7) is 3.38. The Hall–Kier alpha value is -0.340. The molecule has 1 aromatic rings. The van der Waals surface area contributed by atoms with Crippen molar-refractivity contribution in [2.75, 3.05) is 6.54 Å². The Labute approximate surface area is 90.5 Å². The van der Waals surface area contributed by atoms with Gasteiger partial charge in [-0.25, -0.2) is 0 Å². The Bertz CT molecular complexity index is 251. The number of hydrogen-bond acceptors (Lipinski definition) is 2. The molecule has 0 radical (unpaired) electrons. The van der Waals surface area contributed by atoms with Crippen molar-refractivity contribution in [3.05, 3.63) is 22.4 Å². The van der Waals surface area contributed by atoms with Crippen molar-refractivity contribution < 1.29 is 0 Å². The summed E-state index contributed by atoms with van der Waals surface area (Å²) in [5, 5.41) is 8.12. The van der Waals surface area contributed by atoms with Crippen LogP contribution in [-0.2, 0) is 0 Å². The molecule has 14 heavy (non-hydrogen) atoms. The molecule has 1 N–H and O–H groups in total. The zero-order valence-corrected chi connectivity index (χ0v) is 9.65. The van der Waals surface area contributed by atoms with E-state index in [0.29, 0.717) is 6.04 Å². The Morgan fingerprint density at radius 2 is 2.43 bits per heavy atom. The molecule has 0 saturated heterocycles. The second kappa shape index (κ2) is 4.94. The number of nitrogens with one attached hydrogen (secondary N) is 1. The van der Waals surface area contributed by atoms with E-state index < -0.39 is 0 Å². The van der Waals surface area contributed by atoms with Gasteiger partial charge in [0.05, 0.1) is 0 Å². The molecule has 1 aliphatic carbocycles. The quantitative estimate of drug-likeness (QED) is 0.755. The predicted molar refractivity (Wildman–Crippen MR) is 62.7 cm³/mol. The summed E-state index contributed by atoms with van der Waals surface area (Å²) >= 11 is 1.81. The molecule has 1 aliphatic rings. The van der Waals surface area contributed by atoms with Crippen LogP contribution in [0.2, 0.25) is 0 Å². The average molecular weight is 209 g/mol. The highest BCUT2D eigenvalue weighted by Crippen LogP contribution is 2.37. The molecule has 1 unspecified atom stereocenters. The second-order valence-electron chi connectivity index (χ2n) is 4.24. The highest BCUT2D eigenvalue weighted by atomic mass is 32.1. The fraction of sp³-hybridized carbons (Fsp3) is 0.667. The Morgan fingerprint density at radius 1 is 1.57 bits per heavy atom. The molecular formula is C12H19NS. The lowest BCUT2D eigenvalue weighted by atomic mass is 10.0. The van der Waals surface area contributed by atoms with Crippen molar-refractivity contribution in [2.45, 2.75) is 38.6 Å². The van der Waals surface area contributed by atoms with Crippen LogP contribution >= 0.6 is 11.3 Å². The van der Waals surface area contributed by atoms with E-state index in [0.717, 1.165) is 12.5 Å². The van der Waals surface area contributed by atoms with Crippen molar-refractivity contribution in [3.63, 3.8) is 0 Å². The highest BCUT2D eigenvalue weighted by Gasteiger charge is 2.25. The van der Waals surface area contributed by atoms with Crippen LogP contribution in [0.15, 0.2) is 16.8 Å². The summed E-state index contributed by atoms with van der Waals surface area (Å²) < 4.78 is 0. The first-order valence-electron chi connectivity index (χ1n) is 5.65. The maximum Gasteiger partial charge on any atom is 0.0331 e. The molecule has 1 heterocycles. The van der Waals surface area contributed by atoms with E-state index in [9.17, 15) is 0 Å². The van der Waals surface area contributed by atoms with Gasteiger partial charge in [0, 0.05) is 6.04 Å². The van der Waals surface area contributed by atoms with Crippen LogP contribution in [0, 0.1) is 5.92 Å². The van der Waals surface area contributed by atoms with Crippen LogP contribution in [0.25, 0.3) is 0 Å². The molecular weight excluding hydrogens is 190 g/mol. The second-order valence-corrected chi connectivity index (χ2v) is 5.02. The lowest BCUT2D eigenvalue weighted by Gasteiger charge is -2.16. The van der Waals surface area contributed by atoms with Gasteiger partial charge in [0.1, 0.15) is 0 Å².